The predicted molar refractivity (Wildman–Crippen MR) is 83.5 cm³/mol. The molecule has 3 rings (SSSR count). The highest BCUT2D eigenvalue weighted by Crippen LogP contribution is 2.25. The van der Waals surface area contributed by atoms with Gasteiger partial charge in [-0.1, -0.05) is 53.7 Å². The van der Waals surface area contributed by atoms with Gasteiger partial charge in [-0.05, 0) is 19.4 Å². The molecule has 0 saturated heterocycles. The molecule has 0 N–H and O–H groups in total. The summed E-state index contributed by atoms with van der Waals surface area (Å²) in [5.41, 5.74) is 3.91. The summed E-state index contributed by atoms with van der Waals surface area (Å²) in [6.07, 6.45) is 0. The number of rotatable bonds is 3. The lowest BCUT2D eigenvalue weighted by Crippen LogP contribution is -1.99. The third-order valence-corrected chi connectivity index (χ3v) is 4.65. The highest BCUT2D eigenvalue weighted by atomic mass is 35.5. The van der Waals surface area contributed by atoms with E-state index in [1.165, 1.54) is 5.56 Å². The Bertz CT molecular complexity index is 753. The molecule has 3 nitrogen and oxygen atoms in total. The maximum atomic E-state index is 6.21. The summed E-state index contributed by atoms with van der Waals surface area (Å²) in [6.45, 7) is 3.88. The molecule has 0 amide bonds. The molecule has 0 aliphatic carbocycles. The summed E-state index contributed by atoms with van der Waals surface area (Å²) >= 11 is 7.91. The first-order valence-corrected chi connectivity index (χ1v) is 7.70. The van der Waals surface area contributed by atoms with Crippen molar-refractivity contribution in [1.29, 1.82) is 0 Å². The monoisotopic (exact) mass is 303 g/mol. The van der Waals surface area contributed by atoms with E-state index in [4.69, 9.17) is 11.6 Å². The predicted octanol–water partition coefficient (Wildman–Crippen LogP) is 4.29. The molecule has 102 valence electrons. The molecule has 0 aliphatic heterocycles. The first-order valence-electron chi connectivity index (χ1n) is 6.34. The van der Waals surface area contributed by atoms with Crippen molar-refractivity contribution in [1.82, 2.24) is 14.6 Å². The van der Waals surface area contributed by atoms with Gasteiger partial charge in [-0.25, -0.2) is 9.50 Å². The van der Waals surface area contributed by atoms with Crippen molar-refractivity contribution in [3.63, 3.8) is 0 Å². The maximum absolute atomic E-state index is 6.21. The molecule has 5 heteroatoms. The molecule has 0 unspecified atom stereocenters. The molecule has 2 heterocycles. The molecule has 0 atom stereocenters. The Kier molecular flexibility index (Phi) is 3.68. The van der Waals surface area contributed by atoms with Crippen LogP contribution in [0.4, 0.5) is 0 Å². The average Bonchev–Trinajstić information content (AvgIpc) is 2.87. The summed E-state index contributed by atoms with van der Waals surface area (Å²) in [5.74, 6) is 0.899. The average molecular weight is 304 g/mol. The van der Waals surface area contributed by atoms with Crippen molar-refractivity contribution in [2.45, 2.75) is 24.6 Å². The highest BCUT2D eigenvalue weighted by molar-refractivity contribution is 7.98. The topological polar surface area (TPSA) is 30.2 Å². The summed E-state index contributed by atoms with van der Waals surface area (Å²) in [5, 5.41) is 6.21. The molecular weight excluding hydrogens is 290 g/mol. The van der Waals surface area contributed by atoms with Crippen molar-refractivity contribution in [2.75, 3.05) is 0 Å². The number of benzene rings is 1. The van der Waals surface area contributed by atoms with Crippen LogP contribution in [0.15, 0.2) is 41.4 Å². The van der Waals surface area contributed by atoms with Crippen LogP contribution in [0, 0.1) is 13.8 Å². The number of halogens is 1. The lowest BCUT2D eigenvalue weighted by molar-refractivity contribution is 0.847. The summed E-state index contributed by atoms with van der Waals surface area (Å²) in [4.78, 5) is 4.47. The minimum absolute atomic E-state index is 0.681. The SMILES string of the molecule is Cc1nc2cc(SCc3ccccc3)nn2c(C)c1Cl. The van der Waals surface area contributed by atoms with Crippen LogP contribution in [0.5, 0.6) is 0 Å². The van der Waals surface area contributed by atoms with E-state index in [-0.39, 0.29) is 0 Å². The van der Waals surface area contributed by atoms with Crippen LogP contribution in [0.1, 0.15) is 17.0 Å². The van der Waals surface area contributed by atoms with E-state index in [0.717, 1.165) is 27.8 Å². The van der Waals surface area contributed by atoms with E-state index in [2.05, 4.69) is 34.3 Å². The lowest BCUT2D eigenvalue weighted by Gasteiger charge is -2.03. The zero-order valence-corrected chi connectivity index (χ0v) is 12.9. The smallest absolute Gasteiger partial charge is 0.156 e. The van der Waals surface area contributed by atoms with E-state index in [1.807, 2.05) is 30.5 Å². The summed E-state index contributed by atoms with van der Waals surface area (Å²) in [7, 11) is 0. The van der Waals surface area contributed by atoms with Crippen LogP contribution in [-0.2, 0) is 5.75 Å². The maximum Gasteiger partial charge on any atom is 0.156 e. The molecule has 0 fully saturated rings. The second kappa shape index (κ2) is 5.46. The molecule has 0 aliphatic rings. The van der Waals surface area contributed by atoms with Crippen LogP contribution in [0.3, 0.4) is 0 Å². The fourth-order valence-electron chi connectivity index (χ4n) is 2.05. The molecule has 0 spiro atoms. The van der Waals surface area contributed by atoms with Crippen molar-refractivity contribution >= 4 is 29.0 Å². The van der Waals surface area contributed by atoms with Crippen molar-refractivity contribution < 1.29 is 0 Å². The van der Waals surface area contributed by atoms with Crippen molar-refractivity contribution in [3.05, 3.63) is 58.4 Å². The van der Waals surface area contributed by atoms with E-state index in [0.29, 0.717) is 5.02 Å². The van der Waals surface area contributed by atoms with Crippen LogP contribution in [-0.4, -0.2) is 14.6 Å². The van der Waals surface area contributed by atoms with Gasteiger partial charge in [0.2, 0.25) is 0 Å². The van der Waals surface area contributed by atoms with Crippen LogP contribution in [0.2, 0.25) is 5.02 Å². The number of fused-ring (bicyclic) bond motifs is 1. The third-order valence-electron chi connectivity index (χ3n) is 3.13. The number of thioether (sulfide) groups is 1. The molecule has 0 bridgehead atoms. The van der Waals surface area contributed by atoms with Gasteiger partial charge in [-0.3, -0.25) is 0 Å². The quantitative estimate of drug-likeness (QED) is 0.676. The molecule has 20 heavy (non-hydrogen) atoms. The normalized spacial score (nSPS) is 11.2. The van der Waals surface area contributed by atoms with E-state index in [1.54, 1.807) is 11.8 Å². The molecular formula is C15H14ClN3S. The minimum atomic E-state index is 0.681. The van der Waals surface area contributed by atoms with Gasteiger partial charge in [-0.2, -0.15) is 5.10 Å². The molecule has 1 aromatic carbocycles. The molecule has 3 aromatic rings. The fraction of sp³-hybridized carbons (Fsp3) is 0.200. The highest BCUT2D eigenvalue weighted by Gasteiger charge is 2.10. The number of nitrogens with zero attached hydrogens (tertiary/aromatic N) is 3. The van der Waals surface area contributed by atoms with Crippen LogP contribution < -0.4 is 0 Å². The Labute approximate surface area is 127 Å². The van der Waals surface area contributed by atoms with Gasteiger partial charge in [0.1, 0.15) is 5.03 Å². The second-order valence-electron chi connectivity index (χ2n) is 4.62. The van der Waals surface area contributed by atoms with E-state index >= 15 is 0 Å². The zero-order valence-electron chi connectivity index (χ0n) is 11.3. The number of hydrogen-bond acceptors (Lipinski definition) is 3. The van der Waals surface area contributed by atoms with Crippen molar-refractivity contribution in [3.8, 4) is 0 Å². The largest absolute Gasteiger partial charge is 0.232 e. The van der Waals surface area contributed by atoms with Gasteiger partial charge in [-0.15, -0.1) is 0 Å². The summed E-state index contributed by atoms with van der Waals surface area (Å²) in [6, 6.07) is 12.4. The van der Waals surface area contributed by atoms with E-state index in [9.17, 15) is 0 Å². The van der Waals surface area contributed by atoms with Gasteiger partial charge in [0.15, 0.2) is 5.65 Å². The van der Waals surface area contributed by atoms with Crippen molar-refractivity contribution in [2.24, 2.45) is 0 Å². The summed E-state index contributed by atoms with van der Waals surface area (Å²) < 4.78 is 1.81. The first kappa shape index (κ1) is 13.5. The van der Waals surface area contributed by atoms with Crippen LogP contribution in [0.25, 0.3) is 5.65 Å². The Morgan fingerprint density at radius 2 is 1.95 bits per heavy atom. The third kappa shape index (κ3) is 2.53. The minimum Gasteiger partial charge on any atom is -0.232 e. The molecule has 0 saturated carbocycles. The Morgan fingerprint density at radius 3 is 2.70 bits per heavy atom. The van der Waals surface area contributed by atoms with Gasteiger partial charge < -0.3 is 0 Å². The standard InChI is InChI=1S/C15H14ClN3S/c1-10-15(16)11(2)19-13(17-10)8-14(18-19)20-9-12-6-4-3-5-7-12/h3-8H,9H2,1-2H3. The van der Waals surface area contributed by atoms with Gasteiger partial charge >= 0.3 is 0 Å². The lowest BCUT2D eigenvalue weighted by atomic mass is 10.2. The number of aryl methyl sites for hydroxylation is 2. The molecule has 2 aromatic heterocycles. The molecule has 0 radical (unpaired) electrons. The fourth-order valence-corrected chi connectivity index (χ4v) is 3.01. The number of aromatic nitrogens is 3. The van der Waals surface area contributed by atoms with E-state index < -0.39 is 0 Å². The number of hydrogen-bond donors (Lipinski definition) is 0. The second-order valence-corrected chi connectivity index (χ2v) is 6.00. The first-order chi connectivity index (χ1) is 9.65. The van der Waals surface area contributed by atoms with Gasteiger partial charge in [0, 0.05) is 11.8 Å². The zero-order chi connectivity index (χ0) is 14.1. The Hall–Kier alpha value is -1.52. The Balaban J connectivity index is 1.88. The van der Waals surface area contributed by atoms with Gasteiger partial charge in [0.05, 0.1) is 16.4 Å². The Morgan fingerprint density at radius 1 is 1.20 bits per heavy atom. The van der Waals surface area contributed by atoms with Crippen LogP contribution >= 0.6 is 23.4 Å². The van der Waals surface area contributed by atoms with Gasteiger partial charge in [0.25, 0.3) is 0 Å².